The molecule has 9 rings (SSSR count). The van der Waals surface area contributed by atoms with E-state index in [9.17, 15) is 0 Å². The van der Waals surface area contributed by atoms with Crippen molar-refractivity contribution in [2.24, 2.45) is 0 Å². The number of benzene rings is 6. The number of ether oxygens (including phenoxy) is 1. The lowest BCUT2D eigenvalue weighted by molar-refractivity contribution is 0.480. The normalized spacial score (nSPS) is 14.0. The first-order chi connectivity index (χ1) is 32.0. The average Bonchev–Trinajstić information content (AvgIpc) is 3.89. The Morgan fingerprint density at radius 1 is 0.471 bits per heavy atom. The summed E-state index contributed by atoms with van der Waals surface area (Å²) in [7, 11) is 0. The molecule has 348 valence electrons. The zero-order valence-corrected chi connectivity index (χ0v) is 42.9. The minimum atomic E-state index is -0.315. The summed E-state index contributed by atoms with van der Waals surface area (Å²) in [5.74, 6) is 2.46. The molecular weight excluding hydrogens is 829 g/mol. The topological polar surface area (TPSA) is 33.5 Å². The standard InChI is InChI=1S/C63H70N4O/c1-59(2,3)45-29-30-64-57(36-45)67-54-28-22-21-27-52(54)58-53(62(10,11)12)38-51(39-55(58)67)68-50-32-43(42-23-17-15-18-24-42)31-48(37-50)65-40-56(63(13,14)44-25-19-16-20-26-44)66(41-65)49-34-46(60(4,5)6)33-47(35-49)61(7,8)9/h15-40H,41H2,1-14H3. The van der Waals surface area contributed by atoms with Gasteiger partial charge in [-0.2, -0.15) is 0 Å². The summed E-state index contributed by atoms with van der Waals surface area (Å²) < 4.78 is 9.56. The van der Waals surface area contributed by atoms with Gasteiger partial charge < -0.3 is 14.5 Å². The number of fused-ring (bicyclic) bond motifs is 3. The van der Waals surface area contributed by atoms with Gasteiger partial charge in [0, 0.05) is 57.8 Å². The van der Waals surface area contributed by atoms with Gasteiger partial charge in [-0.15, -0.1) is 0 Å². The molecule has 0 aliphatic carbocycles. The predicted molar refractivity (Wildman–Crippen MR) is 289 cm³/mol. The molecular formula is C63H70N4O. The zero-order chi connectivity index (χ0) is 48.6. The van der Waals surface area contributed by atoms with E-state index in [0.29, 0.717) is 6.67 Å². The van der Waals surface area contributed by atoms with E-state index in [4.69, 9.17) is 9.72 Å². The number of anilines is 2. The van der Waals surface area contributed by atoms with Gasteiger partial charge in [0.2, 0.25) is 0 Å². The minimum absolute atomic E-state index is 0.0261. The molecule has 5 heteroatoms. The smallest absolute Gasteiger partial charge is 0.137 e. The molecule has 0 atom stereocenters. The van der Waals surface area contributed by atoms with Crippen molar-refractivity contribution in [2.75, 3.05) is 16.5 Å². The third kappa shape index (κ3) is 8.96. The molecule has 0 spiro atoms. The summed E-state index contributed by atoms with van der Waals surface area (Å²) in [5, 5.41) is 2.43. The Morgan fingerprint density at radius 3 is 1.71 bits per heavy atom. The van der Waals surface area contributed by atoms with Crippen molar-refractivity contribution >= 4 is 33.2 Å². The average molecular weight is 899 g/mol. The number of pyridine rings is 1. The van der Waals surface area contributed by atoms with Crippen LogP contribution >= 0.6 is 0 Å². The van der Waals surface area contributed by atoms with Gasteiger partial charge >= 0.3 is 0 Å². The van der Waals surface area contributed by atoms with Crippen molar-refractivity contribution in [3.05, 3.63) is 192 Å². The van der Waals surface area contributed by atoms with Crippen LogP contribution in [0.3, 0.4) is 0 Å². The number of allylic oxidation sites excluding steroid dienone is 1. The molecule has 0 radical (unpaired) electrons. The van der Waals surface area contributed by atoms with E-state index in [1.807, 2.05) is 6.20 Å². The van der Waals surface area contributed by atoms with Crippen molar-refractivity contribution in [1.82, 2.24) is 9.55 Å². The summed E-state index contributed by atoms with van der Waals surface area (Å²) in [4.78, 5) is 9.97. The Kier molecular flexibility index (Phi) is 11.5. The molecule has 2 aromatic heterocycles. The van der Waals surface area contributed by atoms with Crippen molar-refractivity contribution in [1.29, 1.82) is 0 Å². The van der Waals surface area contributed by atoms with Gasteiger partial charge in [0.1, 0.15) is 17.3 Å². The van der Waals surface area contributed by atoms with Crippen molar-refractivity contribution in [3.8, 4) is 28.4 Å². The molecule has 0 saturated carbocycles. The molecule has 0 unspecified atom stereocenters. The van der Waals surface area contributed by atoms with E-state index in [1.54, 1.807) is 0 Å². The van der Waals surface area contributed by atoms with Gasteiger partial charge in [0.15, 0.2) is 0 Å². The molecule has 6 aromatic carbocycles. The lowest BCUT2D eigenvalue weighted by Gasteiger charge is -2.36. The van der Waals surface area contributed by atoms with E-state index in [0.717, 1.165) is 45.2 Å². The fourth-order valence-electron chi connectivity index (χ4n) is 9.71. The van der Waals surface area contributed by atoms with E-state index in [2.05, 4.69) is 263 Å². The van der Waals surface area contributed by atoms with Crippen LogP contribution < -0.4 is 14.5 Å². The first kappa shape index (κ1) is 46.5. The summed E-state index contributed by atoms with van der Waals surface area (Å²) in [6.45, 7) is 32.9. The molecule has 0 saturated heterocycles. The Morgan fingerprint density at radius 2 is 1.07 bits per heavy atom. The van der Waals surface area contributed by atoms with Gasteiger partial charge in [-0.25, -0.2) is 4.98 Å². The highest BCUT2D eigenvalue weighted by molar-refractivity contribution is 6.11. The van der Waals surface area contributed by atoms with Crippen molar-refractivity contribution in [3.63, 3.8) is 0 Å². The van der Waals surface area contributed by atoms with E-state index in [-0.39, 0.29) is 27.1 Å². The maximum absolute atomic E-state index is 7.24. The number of nitrogens with zero attached hydrogens (tertiary/aromatic N) is 4. The van der Waals surface area contributed by atoms with Gasteiger partial charge in [-0.3, -0.25) is 4.57 Å². The first-order valence-electron chi connectivity index (χ1n) is 24.4. The maximum atomic E-state index is 7.24. The minimum Gasteiger partial charge on any atom is -0.457 e. The predicted octanol–water partition coefficient (Wildman–Crippen LogP) is 16.9. The van der Waals surface area contributed by atoms with E-state index < -0.39 is 0 Å². The largest absolute Gasteiger partial charge is 0.457 e. The van der Waals surface area contributed by atoms with E-state index in [1.165, 1.54) is 50.0 Å². The molecule has 0 amide bonds. The van der Waals surface area contributed by atoms with Gasteiger partial charge in [-0.05, 0) is 109 Å². The number of hydrogen-bond donors (Lipinski definition) is 0. The first-order valence-corrected chi connectivity index (χ1v) is 24.4. The van der Waals surface area contributed by atoms with Crippen molar-refractivity contribution in [2.45, 2.75) is 124 Å². The fraction of sp³-hybridized carbons (Fsp3) is 0.317. The van der Waals surface area contributed by atoms with Crippen LogP contribution in [0.4, 0.5) is 11.4 Å². The lowest BCUT2D eigenvalue weighted by Crippen LogP contribution is -2.34. The highest BCUT2D eigenvalue weighted by atomic mass is 16.5. The third-order valence-electron chi connectivity index (χ3n) is 13.9. The van der Waals surface area contributed by atoms with Gasteiger partial charge in [-0.1, -0.05) is 182 Å². The highest BCUT2D eigenvalue weighted by Gasteiger charge is 2.37. The number of rotatable bonds is 8. The Balaban J connectivity index is 1.22. The van der Waals surface area contributed by atoms with Crippen LogP contribution in [-0.2, 0) is 27.1 Å². The summed E-state index contributed by atoms with van der Waals surface area (Å²) >= 11 is 0. The molecule has 68 heavy (non-hydrogen) atoms. The van der Waals surface area contributed by atoms with Gasteiger partial charge in [0.05, 0.1) is 17.7 Å². The summed E-state index contributed by atoms with van der Waals surface area (Å²) in [5.41, 5.74) is 13.7. The molecule has 3 heterocycles. The third-order valence-corrected chi connectivity index (χ3v) is 13.9. The quantitative estimate of drug-likeness (QED) is 0.152. The second-order valence-electron chi connectivity index (χ2n) is 23.6. The zero-order valence-electron chi connectivity index (χ0n) is 42.9. The Hall–Kier alpha value is -6.59. The van der Waals surface area contributed by atoms with E-state index >= 15 is 0 Å². The summed E-state index contributed by atoms with van der Waals surface area (Å²) in [6.07, 6.45) is 4.32. The van der Waals surface area contributed by atoms with Crippen LogP contribution in [0.2, 0.25) is 0 Å². The highest BCUT2D eigenvalue weighted by Crippen LogP contribution is 2.46. The Labute approximate surface area is 406 Å². The van der Waals surface area contributed by atoms with Gasteiger partial charge in [0.25, 0.3) is 0 Å². The lowest BCUT2D eigenvalue weighted by atomic mass is 9.79. The van der Waals surface area contributed by atoms with Crippen LogP contribution in [0.1, 0.15) is 125 Å². The number of aromatic nitrogens is 2. The van der Waals surface area contributed by atoms with Crippen LogP contribution in [0, 0.1) is 0 Å². The molecule has 0 fully saturated rings. The summed E-state index contributed by atoms with van der Waals surface area (Å²) in [6, 6.07) is 53.2. The second-order valence-corrected chi connectivity index (χ2v) is 23.6. The van der Waals surface area contributed by atoms with Crippen LogP contribution in [-0.4, -0.2) is 16.2 Å². The van der Waals surface area contributed by atoms with Crippen LogP contribution in [0.15, 0.2) is 164 Å². The molecule has 0 N–H and O–H groups in total. The fourth-order valence-corrected chi connectivity index (χ4v) is 9.71. The molecule has 0 bridgehead atoms. The number of para-hydroxylation sites is 1. The molecule has 8 aromatic rings. The van der Waals surface area contributed by atoms with Crippen LogP contribution in [0.25, 0.3) is 38.8 Å². The number of hydrogen-bond acceptors (Lipinski definition) is 4. The van der Waals surface area contributed by atoms with Crippen LogP contribution in [0.5, 0.6) is 11.5 Å². The monoisotopic (exact) mass is 899 g/mol. The van der Waals surface area contributed by atoms with Crippen molar-refractivity contribution < 1.29 is 4.74 Å². The molecule has 1 aliphatic heterocycles. The molecule has 5 nitrogen and oxygen atoms in total. The SMILES string of the molecule is CC(C)(C)c1cc(N2CN(c3cc(Oc4cc(C(C)(C)C)c5c6ccccc6n(-c6cc(C(C)(C)C)ccn6)c5c4)cc(-c4ccccc4)c3)C=C2C(C)(C)c2ccccc2)cc(C(C)(C)C)c1. The second kappa shape index (κ2) is 16.9. The maximum Gasteiger partial charge on any atom is 0.137 e. The Bertz CT molecular complexity index is 3150. The molecule has 1 aliphatic rings.